The third kappa shape index (κ3) is 3.03. The summed E-state index contributed by atoms with van der Waals surface area (Å²) in [6.45, 7) is 3.58. The minimum Gasteiger partial charge on any atom is -0.382 e. The van der Waals surface area contributed by atoms with Gasteiger partial charge in [-0.3, -0.25) is 10.1 Å². The standard InChI is InChI=1S/C13H17ClN2O4/c1-9-5-12(16(17)18)10(14)6-11(9)15-7-13(19-2)3-4-20-8-13/h5-6,15H,3-4,7-8H2,1-2H3. The highest BCUT2D eigenvalue weighted by Crippen LogP contribution is 2.31. The van der Waals surface area contributed by atoms with E-state index in [0.717, 1.165) is 17.7 Å². The molecule has 2 rings (SSSR count). The highest BCUT2D eigenvalue weighted by molar-refractivity contribution is 6.33. The van der Waals surface area contributed by atoms with E-state index in [1.165, 1.54) is 6.07 Å². The molecule has 1 unspecified atom stereocenters. The minimum absolute atomic E-state index is 0.0830. The summed E-state index contributed by atoms with van der Waals surface area (Å²) < 4.78 is 10.9. The summed E-state index contributed by atoms with van der Waals surface area (Å²) in [4.78, 5) is 10.3. The number of nitrogens with one attached hydrogen (secondary N) is 1. The topological polar surface area (TPSA) is 73.6 Å². The first-order valence-corrected chi connectivity index (χ1v) is 6.66. The molecule has 0 radical (unpaired) electrons. The molecule has 0 saturated carbocycles. The van der Waals surface area contributed by atoms with Gasteiger partial charge < -0.3 is 14.8 Å². The van der Waals surface area contributed by atoms with Gasteiger partial charge in [0.1, 0.15) is 10.6 Å². The van der Waals surface area contributed by atoms with Gasteiger partial charge in [-0.05, 0) is 18.6 Å². The second kappa shape index (κ2) is 5.95. The molecule has 1 aromatic carbocycles. The molecule has 1 N–H and O–H groups in total. The van der Waals surface area contributed by atoms with Gasteiger partial charge in [0, 0.05) is 38.4 Å². The van der Waals surface area contributed by atoms with E-state index in [1.807, 2.05) is 0 Å². The second-order valence-corrected chi connectivity index (χ2v) is 5.33. The van der Waals surface area contributed by atoms with E-state index in [9.17, 15) is 10.1 Å². The van der Waals surface area contributed by atoms with Gasteiger partial charge in [-0.25, -0.2) is 0 Å². The molecule has 1 aromatic rings. The van der Waals surface area contributed by atoms with Crippen LogP contribution in [0.15, 0.2) is 12.1 Å². The van der Waals surface area contributed by atoms with Crippen molar-refractivity contribution in [1.82, 2.24) is 0 Å². The van der Waals surface area contributed by atoms with E-state index in [1.54, 1.807) is 20.1 Å². The Morgan fingerprint density at radius 3 is 2.90 bits per heavy atom. The van der Waals surface area contributed by atoms with Gasteiger partial charge >= 0.3 is 0 Å². The maximum Gasteiger partial charge on any atom is 0.288 e. The smallest absolute Gasteiger partial charge is 0.288 e. The number of rotatable bonds is 5. The molecule has 1 fully saturated rings. The Morgan fingerprint density at radius 2 is 2.35 bits per heavy atom. The maximum atomic E-state index is 10.8. The summed E-state index contributed by atoms with van der Waals surface area (Å²) in [5.41, 5.74) is 1.11. The molecule has 1 saturated heterocycles. The lowest BCUT2D eigenvalue weighted by Gasteiger charge is -2.26. The monoisotopic (exact) mass is 300 g/mol. The average Bonchev–Trinajstić information content (AvgIpc) is 2.88. The minimum atomic E-state index is -0.486. The Morgan fingerprint density at radius 1 is 1.60 bits per heavy atom. The number of halogens is 1. The van der Waals surface area contributed by atoms with Gasteiger partial charge in [-0.15, -0.1) is 0 Å². The average molecular weight is 301 g/mol. The number of nitro benzene ring substituents is 1. The third-order valence-corrected chi connectivity index (χ3v) is 3.89. The number of methoxy groups -OCH3 is 1. The molecule has 0 bridgehead atoms. The molecule has 20 heavy (non-hydrogen) atoms. The molecule has 0 aromatic heterocycles. The van der Waals surface area contributed by atoms with Crippen molar-refractivity contribution in [3.05, 3.63) is 32.8 Å². The molecule has 1 heterocycles. The quantitative estimate of drug-likeness (QED) is 0.668. The summed E-state index contributed by atoms with van der Waals surface area (Å²) in [5.74, 6) is 0. The Bertz CT molecular complexity index is 515. The molecular weight excluding hydrogens is 284 g/mol. The summed E-state index contributed by atoms with van der Waals surface area (Å²) in [6.07, 6.45) is 0.816. The molecule has 0 aliphatic carbocycles. The highest BCUT2D eigenvalue weighted by atomic mass is 35.5. The highest BCUT2D eigenvalue weighted by Gasteiger charge is 2.34. The Kier molecular flexibility index (Phi) is 4.47. The number of ether oxygens (including phenoxy) is 2. The molecule has 0 spiro atoms. The lowest BCUT2D eigenvalue weighted by atomic mass is 10.0. The Balaban J connectivity index is 2.14. The molecule has 7 heteroatoms. The predicted octanol–water partition coefficient (Wildman–Crippen LogP) is 2.77. The molecule has 110 valence electrons. The fraction of sp³-hybridized carbons (Fsp3) is 0.538. The van der Waals surface area contributed by atoms with Crippen LogP contribution < -0.4 is 5.32 Å². The van der Waals surface area contributed by atoms with E-state index in [-0.39, 0.29) is 16.3 Å². The van der Waals surface area contributed by atoms with E-state index in [4.69, 9.17) is 21.1 Å². The molecular formula is C13H17ClN2O4. The van der Waals surface area contributed by atoms with Crippen LogP contribution in [0.5, 0.6) is 0 Å². The van der Waals surface area contributed by atoms with Gasteiger partial charge in [-0.1, -0.05) is 11.6 Å². The van der Waals surface area contributed by atoms with E-state index >= 15 is 0 Å². The van der Waals surface area contributed by atoms with Crippen molar-refractivity contribution in [3.8, 4) is 0 Å². The Labute approximate surface area is 122 Å². The fourth-order valence-electron chi connectivity index (χ4n) is 2.21. The zero-order valence-electron chi connectivity index (χ0n) is 11.4. The van der Waals surface area contributed by atoms with Crippen LogP contribution in [0.3, 0.4) is 0 Å². The van der Waals surface area contributed by atoms with Gasteiger partial charge in [0.05, 0.1) is 11.5 Å². The van der Waals surface area contributed by atoms with Gasteiger partial charge in [-0.2, -0.15) is 0 Å². The van der Waals surface area contributed by atoms with Crippen LogP contribution in [0.25, 0.3) is 0 Å². The summed E-state index contributed by atoms with van der Waals surface area (Å²) >= 11 is 5.92. The SMILES string of the molecule is COC1(CNc2cc(Cl)c([N+](=O)[O-])cc2C)CCOC1. The van der Waals surface area contributed by atoms with E-state index in [2.05, 4.69) is 5.32 Å². The second-order valence-electron chi connectivity index (χ2n) is 4.92. The number of nitrogens with zero attached hydrogens (tertiary/aromatic N) is 1. The van der Waals surface area contributed by atoms with Crippen molar-refractivity contribution in [2.45, 2.75) is 18.9 Å². The number of nitro groups is 1. The first-order valence-electron chi connectivity index (χ1n) is 6.29. The van der Waals surface area contributed by atoms with Crippen LogP contribution in [0.1, 0.15) is 12.0 Å². The lowest BCUT2D eigenvalue weighted by Crippen LogP contribution is -2.39. The van der Waals surface area contributed by atoms with Crippen molar-refractivity contribution in [1.29, 1.82) is 0 Å². The summed E-state index contributed by atoms with van der Waals surface area (Å²) in [5, 5.41) is 14.2. The molecule has 1 aliphatic heterocycles. The normalized spacial score (nSPS) is 21.9. The van der Waals surface area contributed by atoms with Crippen molar-refractivity contribution >= 4 is 23.0 Å². The maximum absolute atomic E-state index is 10.8. The number of anilines is 1. The van der Waals surface area contributed by atoms with Crippen LogP contribution in [0, 0.1) is 17.0 Å². The zero-order valence-corrected chi connectivity index (χ0v) is 12.2. The van der Waals surface area contributed by atoms with Crippen LogP contribution in [-0.4, -0.2) is 37.4 Å². The van der Waals surface area contributed by atoms with Crippen LogP contribution in [-0.2, 0) is 9.47 Å². The van der Waals surface area contributed by atoms with Crippen molar-refractivity contribution < 1.29 is 14.4 Å². The molecule has 1 atom stereocenters. The van der Waals surface area contributed by atoms with Crippen molar-refractivity contribution in [3.63, 3.8) is 0 Å². The van der Waals surface area contributed by atoms with Crippen LogP contribution in [0.4, 0.5) is 11.4 Å². The van der Waals surface area contributed by atoms with Crippen LogP contribution >= 0.6 is 11.6 Å². The van der Waals surface area contributed by atoms with Gasteiger partial charge in [0.25, 0.3) is 5.69 Å². The van der Waals surface area contributed by atoms with Crippen LogP contribution in [0.2, 0.25) is 5.02 Å². The number of aryl methyl sites for hydroxylation is 1. The van der Waals surface area contributed by atoms with Gasteiger partial charge in [0.2, 0.25) is 0 Å². The number of hydrogen-bond donors (Lipinski definition) is 1. The zero-order chi connectivity index (χ0) is 14.8. The molecule has 0 amide bonds. The van der Waals surface area contributed by atoms with Crippen molar-refractivity contribution in [2.75, 3.05) is 32.2 Å². The van der Waals surface area contributed by atoms with E-state index in [0.29, 0.717) is 19.8 Å². The largest absolute Gasteiger partial charge is 0.382 e. The van der Waals surface area contributed by atoms with Crippen molar-refractivity contribution in [2.24, 2.45) is 0 Å². The summed E-state index contributed by atoms with van der Waals surface area (Å²) in [6, 6.07) is 3.05. The van der Waals surface area contributed by atoms with E-state index < -0.39 is 4.92 Å². The number of hydrogen-bond acceptors (Lipinski definition) is 5. The molecule has 1 aliphatic rings. The lowest BCUT2D eigenvalue weighted by molar-refractivity contribution is -0.384. The Hall–Kier alpha value is -1.37. The third-order valence-electron chi connectivity index (χ3n) is 3.59. The number of benzene rings is 1. The molecule has 6 nitrogen and oxygen atoms in total. The first kappa shape index (κ1) is 15.0. The first-order chi connectivity index (χ1) is 9.47. The predicted molar refractivity (Wildman–Crippen MR) is 76.5 cm³/mol. The fourth-order valence-corrected chi connectivity index (χ4v) is 2.45. The summed E-state index contributed by atoms with van der Waals surface area (Å²) in [7, 11) is 1.66. The van der Waals surface area contributed by atoms with Gasteiger partial charge in [0.15, 0.2) is 0 Å².